The van der Waals surface area contributed by atoms with Crippen molar-refractivity contribution in [1.29, 1.82) is 0 Å². The summed E-state index contributed by atoms with van der Waals surface area (Å²) in [6.45, 7) is -3.18. The Labute approximate surface area is 85.7 Å². The average Bonchev–Trinajstić information content (AvgIpc) is 1.95. The first-order valence-electron chi connectivity index (χ1n) is 5.08. The van der Waals surface area contributed by atoms with Crippen LogP contribution in [0.3, 0.4) is 0 Å². The molecule has 0 aromatic heterocycles. The van der Waals surface area contributed by atoms with Gasteiger partial charge >= 0.3 is 15.2 Å². The smallest absolute Gasteiger partial charge is 0.368 e. The van der Waals surface area contributed by atoms with Gasteiger partial charge in [-0.3, -0.25) is 9.13 Å². The minimum absolute atomic E-state index is 1.88. The molecule has 0 heterocycles. The van der Waals surface area contributed by atoms with E-state index in [0.717, 1.165) is 0 Å². The van der Waals surface area contributed by atoms with Gasteiger partial charge in [-0.25, -0.2) is 0 Å². The summed E-state index contributed by atoms with van der Waals surface area (Å²) in [6.07, 6.45) is -5.16. The molecule has 0 radical (unpaired) electrons. The van der Waals surface area contributed by atoms with Crippen molar-refractivity contribution >= 4 is 15.2 Å². The second kappa shape index (κ2) is 4.38. The zero-order valence-corrected chi connectivity index (χ0v) is 8.52. The SMILES string of the molecule is [2H]C([2H])(N)C([2H])([2H])CC(O)(P(=O)(O)O)P(=O)(O)O. The summed E-state index contributed by atoms with van der Waals surface area (Å²) in [6, 6.07) is 0. The summed E-state index contributed by atoms with van der Waals surface area (Å²) in [4.78, 5) is 35.0. The third-order valence-corrected chi connectivity index (χ3v) is 5.11. The van der Waals surface area contributed by atoms with Crippen LogP contribution >= 0.6 is 15.2 Å². The maximum Gasteiger partial charge on any atom is 0.369 e. The van der Waals surface area contributed by atoms with E-state index in [-0.39, 0.29) is 0 Å². The molecule has 0 aromatic rings. The van der Waals surface area contributed by atoms with Crippen LogP contribution in [0.5, 0.6) is 0 Å². The van der Waals surface area contributed by atoms with Crippen LogP contribution in [0.2, 0.25) is 0 Å². The van der Waals surface area contributed by atoms with Gasteiger partial charge in [-0.2, -0.15) is 0 Å². The Hall–Kier alpha value is 0.220. The van der Waals surface area contributed by atoms with Gasteiger partial charge in [0.1, 0.15) is 0 Å². The summed E-state index contributed by atoms with van der Waals surface area (Å²) in [5.41, 5.74) is 4.75. The predicted octanol–water partition coefficient (Wildman–Crippen LogP) is -1.27. The molecule has 0 aromatic carbocycles. The molecule has 0 rings (SSSR count). The van der Waals surface area contributed by atoms with Gasteiger partial charge in [-0.15, -0.1) is 0 Å². The van der Waals surface area contributed by atoms with E-state index in [4.69, 9.17) is 30.8 Å². The lowest BCUT2D eigenvalue weighted by molar-refractivity contribution is 0.121. The van der Waals surface area contributed by atoms with Gasteiger partial charge in [0, 0.05) is 11.9 Å². The van der Waals surface area contributed by atoms with E-state index in [1.165, 1.54) is 0 Å². The Morgan fingerprint density at radius 3 is 1.79 bits per heavy atom. The Balaban J connectivity index is 5.74. The molecule has 0 saturated carbocycles. The topological polar surface area (TPSA) is 161 Å². The van der Waals surface area contributed by atoms with Crippen LogP contribution in [0.25, 0.3) is 0 Å². The first kappa shape index (κ1) is 8.38. The van der Waals surface area contributed by atoms with Crippen molar-refractivity contribution in [2.24, 2.45) is 5.73 Å². The molecule has 0 bridgehead atoms. The van der Waals surface area contributed by atoms with Crippen molar-refractivity contribution in [1.82, 2.24) is 0 Å². The molecule has 0 amide bonds. The molecular formula is C4H13NO7P2. The van der Waals surface area contributed by atoms with Crippen LogP contribution in [0.4, 0.5) is 0 Å². The highest BCUT2D eigenvalue weighted by Crippen LogP contribution is 2.69. The number of rotatable bonds is 5. The van der Waals surface area contributed by atoms with Crippen molar-refractivity contribution in [3.05, 3.63) is 0 Å². The van der Waals surface area contributed by atoms with Crippen LogP contribution in [0.15, 0.2) is 0 Å². The van der Waals surface area contributed by atoms with Crippen LogP contribution in [-0.4, -0.2) is 36.3 Å². The summed E-state index contributed by atoms with van der Waals surface area (Å²) < 4.78 is 49.8. The fraction of sp³-hybridized carbons (Fsp3) is 1.00. The van der Waals surface area contributed by atoms with Crippen molar-refractivity contribution in [2.75, 3.05) is 6.50 Å². The molecule has 14 heavy (non-hydrogen) atoms. The Kier molecular flexibility index (Phi) is 2.62. The molecule has 0 fully saturated rings. The number of aliphatic hydroxyl groups is 1. The average molecular weight is 253 g/mol. The van der Waals surface area contributed by atoms with Gasteiger partial charge in [0.15, 0.2) is 0 Å². The zero-order chi connectivity index (χ0) is 15.2. The summed E-state index contributed by atoms with van der Waals surface area (Å²) in [5, 5.41) is 5.35. The number of hydrogen-bond acceptors (Lipinski definition) is 4. The molecule has 7 N–H and O–H groups in total. The number of hydrogen-bond donors (Lipinski definition) is 6. The molecule has 0 atom stereocenters. The van der Waals surface area contributed by atoms with Crippen LogP contribution < -0.4 is 5.73 Å². The Morgan fingerprint density at radius 2 is 1.57 bits per heavy atom. The van der Waals surface area contributed by atoms with Crippen LogP contribution in [-0.2, 0) is 9.13 Å². The first-order chi connectivity index (χ1) is 7.46. The van der Waals surface area contributed by atoms with E-state index in [2.05, 4.69) is 0 Å². The molecule has 0 aliphatic heterocycles. The first-order valence-corrected chi connectivity index (χ1v) is 6.31. The van der Waals surface area contributed by atoms with Gasteiger partial charge in [0.05, 0.1) is 0 Å². The Morgan fingerprint density at radius 1 is 1.21 bits per heavy atom. The molecule has 10 heteroatoms. The molecule has 0 unspecified atom stereocenters. The van der Waals surface area contributed by atoms with E-state index in [9.17, 15) is 14.2 Å². The fourth-order valence-electron chi connectivity index (χ4n) is 0.545. The van der Waals surface area contributed by atoms with Gasteiger partial charge < -0.3 is 30.4 Å². The summed E-state index contributed by atoms with van der Waals surface area (Å²) in [5.74, 6) is 0. The Bertz CT molecular complexity index is 388. The monoisotopic (exact) mass is 253 g/mol. The molecule has 0 aliphatic carbocycles. The van der Waals surface area contributed by atoms with Crippen molar-refractivity contribution in [3.63, 3.8) is 0 Å². The summed E-state index contributed by atoms with van der Waals surface area (Å²) >= 11 is 0. The van der Waals surface area contributed by atoms with Gasteiger partial charge in [-0.1, -0.05) is 0 Å². The predicted molar refractivity (Wildman–Crippen MR) is 47.3 cm³/mol. The third kappa shape index (κ3) is 2.85. The van der Waals surface area contributed by atoms with Crippen LogP contribution in [0, 0.1) is 0 Å². The lowest BCUT2D eigenvalue weighted by Gasteiger charge is -2.28. The van der Waals surface area contributed by atoms with Gasteiger partial charge in [-0.05, 0) is 12.9 Å². The maximum atomic E-state index is 10.9. The van der Waals surface area contributed by atoms with Gasteiger partial charge in [0.2, 0.25) is 0 Å². The quantitative estimate of drug-likeness (QED) is 0.330. The summed E-state index contributed by atoms with van der Waals surface area (Å²) in [7, 11) is -11.7. The highest BCUT2D eigenvalue weighted by Gasteiger charge is 2.58. The molecule has 0 saturated heterocycles. The minimum Gasteiger partial charge on any atom is -0.368 e. The third-order valence-electron chi connectivity index (χ3n) is 1.36. The lowest BCUT2D eigenvalue weighted by atomic mass is 10.3. The number of nitrogens with two attached hydrogens (primary N) is 1. The second-order valence-electron chi connectivity index (χ2n) is 2.36. The molecule has 8 nitrogen and oxygen atoms in total. The maximum absolute atomic E-state index is 10.9. The van der Waals surface area contributed by atoms with E-state index >= 15 is 0 Å². The molecule has 86 valence electrons. The van der Waals surface area contributed by atoms with Crippen molar-refractivity contribution < 1.29 is 39.3 Å². The molecule has 0 spiro atoms. The highest BCUT2D eigenvalue weighted by molar-refractivity contribution is 7.72. The fourth-order valence-corrected chi connectivity index (χ4v) is 2.47. The second-order valence-corrected chi connectivity index (χ2v) is 6.37. The van der Waals surface area contributed by atoms with E-state index in [1.807, 2.05) is 0 Å². The largest absolute Gasteiger partial charge is 0.369 e. The zero-order valence-electron chi connectivity index (χ0n) is 10.7. The molecule has 0 aliphatic rings. The van der Waals surface area contributed by atoms with E-state index < -0.39 is 39.6 Å². The highest BCUT2D eigenvalue weighted by atomic mass is 31.2. The lowest BCUT2D eigenvalue weighted by Crippen LogP contribution is -2.29. The van der Waals surface area contributed by atoms with E-state index in [0.29, 0.717) is 0 Å². The van der Waals surface area contributed by atoms with Crippen molar-refractivity contribution in [2.45, 2.75) is 17.9 Å². The van der Waals surface area contributed by atoms with Gasteiger partial charge in [0.25, 0.3) is 5.08 Å². The molecular weight excluding hydrogens is 236 g/mol. The van der Waals surface area contributed by atoms with Crippen LogP contribution in [0.1, 0.15) is 18.3 Å². The normalized spacial score (nSPS) is 20.7. The van der Waals surface area contributed by atoms with E-state index in [1.54, 1.807) is 0 Å². The van der Waals surface area contributed by atoms with Crippen molar-refractivity contribution in [3.8, 4) is 0 Å². The standard InChI is InChI=1S/C4H13NO7P2/c5-3-1-2-4(6,13(7,8)9)14(10,11)12/h6H,1-3,5H2,(H2,7,8,9)(H2,10,11,12)/i1D2,3D2. The minimum atomic E-state index is -5.85.